The van der Waals surface area contributed by atoms with E-state index in [0.29, 0.717) is 11.7 Å². The molecular formula is C18H28O5S. The highest BCUT2D eigenvalue weighted by Gasteiger charge is 2.68. The van der Waals surface area contributed by atoms with Crippen molar-refractivity contribution in [2.45, 2.75) is 70.0 Å². The lowest BCUT2D eigenvalue weighted by Gasteiger charge is -2.44. The minimum Gasteiger partial charge on any atom is -0.463 e. The number of thioether (sulfide) groups is 1. The monoisotopic (exact) mass is 356 g/mol. The molecule has 1 heterocycles. The fraction of sp³-hybridized carbons (Fsp3) is 0.889. The molecule has 1 saturated heterocycles. The number of carbonyl (C=O) groups is 2. The fourth-order valence-electron chi connectivity index (χ4n) is 4.64. The van der Waals surface area contributed by atoms with Crippen LogP contribution in [0, 0.1) is 23.7 Å². The molecule has 0 aromatic heterocycles. The number of carbonyl (C=O) groups excluding carboxylic acids is 2. The molecule has 3 rings (SSSR count). The smallest absolute Gasteiger partial charge is 0.313 e. The van der Waals surface area contributed by atoms with Crippen LogP contribution in [-0.2, 0) is 19.1 Å². The first-order valence-corrected chi connectivity index (χ1v) is 10.0. The van der Waals surface area contributed by atoms with E-state index in [4.69, 9.17) is 9.47 Å². The molecule has 1 N–H and O–H groups in total. The average Bonchev–Trinajstić information content (AvgIpc) is 2.93. The summed E-state index contributed by atoms with van der Waals surface area (Å²) in [4.78, 5) is 24.4. The van der Waals surface area contributed by atoms with E-state index in [2.05, 4.69) is 6.92 Å². The standard InChI is InChI=1S/C18H28O5S/c1-9(2)22-16(19)11(4)8-24-15-10(3)7-12-5-6-13-18(12,21)14(15)17(20)23-13/h9-15,21H,5-8H2,1-4H3/t10-,11-,12+,13+,14?,15+,18+/m0/s1. The van der Waals surface area contributed by atoms with Gasteiger partial charge in [0.2, 0.25) is 0 Å². The van der Waals surface area contributed by atoms with Crippen LogP contribution >= 0.6 is 11.8 Å². The summed E-state index contributed by atoms with van der Waals surface area (Å²) in [6.45, 7) is 7.68. The van der Waals surface area contributed by atoms with Crippen LogP contribution in [0.25, 0.3) is 0 Å². The van der Waals surface area contributed by atoms with Crippen molar-refractivity contribution in [3.63, 3.8) is 0 Å². The third-order valence-corrected chi connectivity index (χ3v) is 7.61. The largest absolute Gasteiger partial charge is 0.463 e. The van der Waals surface area contributed by atoms with Crippen LogP contribution in [0.1, 0.15) is 47.0 Å². The maximum absolute atomic E-state index is 12.4. The highest BCUT2D eigenvalue weighted by molar-refractivity contribution is 8.00. The van der Waals surface area contributed by atoms with E-state index < -0.39 is 11.5 Å². The number of esters is 2. The molecule has 5 nitrogen and oxygen atoms in total. The highest BCUT2D eigenvalue weighted by Crippen LogP contribution is 2.58. The summed E-state index contributed by atoms with van der Waals surface area (Å²) in [5, 5.41) is 11.2. The SMILES string of the molecule is CC(C)OC(=O)[C@@H](C)CS[C@H]1C2C(=O)O[C@@H]3CC[C@H](C[C@@H]1C)[C@]23O. The van der Waals surface area contributed by atoms with E-state index >= 15 is 0 Å². The molecule has 1 unspecified atom stereocenters. The lowest BCUT2D eigenvalue weighted by molar-refractivity contribution is -0.151. The van der Waals surface area contributed by atoms with Crippen LogP contribution < -0.4 is 0 Å². The number of aliphatic hydroxyl groups is 1. The van der Waals surface area contributed by atoms with Gasteiger partial charge in [0.05, 0.1) is 12.0 Å². The van der Waals surface area contributed by atoms with E-state index in [9.17, 15) is 14.7 Å². The lowest BCUT2D eigenvalue weighted by Crippen LogP contribution is -2.55. The van der Waals surface area contributed by atoms with Crippen molar-refractivity contribution in [1.82, 2.24) is 0 Å². The van der Waals surface area contributed by atoms with Crippen LogP contribution in [0.2, 0.25) is 0 Å². The molecule has 2 aliphatic carbocycles. The lowest BCUT2D eigenvalue weighted by atomic mass is 9.66. The molecule has 0 spiro atoms. The van der Waals surface area contributed by atoms with Gasteiger partial charge in [0.15, 0.2) is 0 Å². The summed E-state index contributed by atoms with van der Waals surface area (Å²) in [7, 11) is 0. The second-order valence-electron chi connectivity index (χ2n) is 7.96. The Kier molecular flexibility index (Phi) is 4.91. The van der Waals surface area contributed by atoms with Gasteiger partial charge in [-0.3, -0.25) is 9.59 Å². The van der Waals surface area contributed by atoms with Crippen molar-refractivity contribution in [2.24, 2.45) is 23.7 Å². The van der Waals surface area contributed by atoms with E-state index in [1.54, 1.807) is 11.8 Å². The van der Waals surface area contributed by atoms with Gasteiger partial charge in [0.25, 0.3) is 0 Å². The highest BCUT2D eigenvalue weighted by atomic mass is 32.2. The zero-order valence-electron chi connectivity index (χ0n) is 14.9. The Balaban J connectivity index is 1.69. The maximum atomic E-state index is 12.4. The molecule has 0 bridgehead atoms. The van der Waals surface area contributed by atoms with Gasteiger partial charge in [-0.2, -0.15) is 11.8 Å². The molecular weight excluding hydrogens is 328 g/mol. The minimum absolute atomic E-state index is 0.00356. The molecule has 7 atom stereocenters. The van der Waals surface area contributed by atoms with Crippen molar-refractivity contribution in [2.75, 3.05) is 5.75 Å². The molecule has 3 aliphatic rings. The van der Waals surface area contributed by atoms with Gasteiger partial charge < -0.3 is 14.6 Å². The van der Waals surface area contributed by atoms with Gasteiger partial charge in [-0.25, -0.2) is 0 Å². The Morgan fingerprint density at radius 3 is 2.79 bits per heavy atom. The molecule has 1 aliphatic heterocycles. The first-order chi connectivity index (χ1) is 11.2. The van der Waals surface area contributed by atoms with E-state index in [0.717, 1.165) is 19.3 Å². The summed E-state index contributed by atoms with van der Waals surface area (Å²) >= 11 is 1.62. The number of ether oxygens (including phenoxy) is 2. The molecule has 24 heavy (non-hydrogen) atoms. The second-order valence-corrected chi connectivity index (χ2v) is 9.17. The first-order valence-electron chi connectivity index (χ1n) is 9.00. The second kappa shape index (κ2) is 6.52. The minimum atomic E-state index is -0.997. The number of hydrogen-bond donors (Lipinski definition) is 1. The fourth-order valence-corrected chi connectivity index (χ4v) is 6.24. The normalized spacial score (nSPS) is 41.9. The molecule has 0 aromatic rings. The van der Waals surface area contributed by atoms with Crippen LogP contribution in [0.4, 0.5) is 0 Å². The number of hydrogen-bond acceptors (Lipinski definition) is 6. The van der Waals surface area contributed by atoms with E-state index in [-0.39, 0.29) is 41.2 Å². The van der Waals surface area contributed by atoms with Gasteiger partial charge in [0, 0.05) is 11.0 Å². The van der Waals surface area contributed by atoms with Crippen molar-refractivity contribution >= 4 is 23.7 Å². The molecule has 0 radical (unpaired) electrons. The van der Waals surface area contributed by atoms with E-state index in [1.165, 1.54) is 0 Å². The Hall–Kier alpha value is -0.750. The topological polar surface area (TPSA) is 72.8 Å². The van der Waals surface area contributed by atoms with Gasteiger partial charge in [-0.05, 0) is 44.9 Å². The molecule has 2 saturated carbocycles. The molecule has 0 aromatic carbocycles. The predicted octanol–water partition coefficient (Wildman–Crippen LogP) is 2.40. The van der Waals surface area contributed by atoms with Crippen molar-refractivity contribution in [3.8, 4) is 0 Å². The van der Waals surface area contributed by atoms with Crippen LogP contribution in [0.5, 0.6) is 0 Å². The zero-order chi connectivity index (χ0) is 17.6. The van der Waals surface area contributed by atoms with Gasteiger partial charge in [-0.15, -0.1) is 0 Å². The van der Waals surface area contributed by atoms with Gasteiger partial charge >= 0.3 is 11.9 Å². The molecule has 6 heteroatoms. The molecule has 136 valence electrons. The summed E-state index contributed by atoms with van der Waals surface area (Å²) in [6.07, 6.45) is 2.17. The van der Waals surface area contributed by atoms with E-state index in [1.807, 2.05) is 20.8 Å². The van der Waals surface area contributed by atoms with Crippen molar-refractivity contribution in [3.05, 3.63) is 0 Å². The summed E-state index contributed by atoms with van der Waals surface area (Å²) < 4.78 is 10.8. The quantitative estimate of drug-likeness (QED) is 0.763. The zero-order valence-corrected chi connectivity index (χ0v) is 15.7. The Morgan fingerprint density at radius 1 is 1.42 bits per heavy atom. The first kappa shape index (κ1) is 18.1. The maximum Gasteiger partial charge on any atom is 0.313 e. The summed E-state index contributed by atoms with van der Waals surface area (Å²) in [5.74, 6) is -0.0719. The third-order valence-electron chi connectivity index (χ3n) is 5.80. The van der Waals surface area contributed by atoms with Gasteiger partial charge in [-0.1, -0.05) is 13.8 Å². The van der Waals surface area contributed by atoms with Crippen molar-refractivity contribution < 1.29 is 24.2 Å². The molecule has 3 fully saturated rings. The van der Waals surface area contributed by atoms with Crippen LogP contribution in [0.3, 0.4) is 0 Å². The van der Waals surface area contributed by atoms with Crippen molar-refractivity contribution in [1.29, 1.82) is 0 Å². The summed E-state index contributed by atoms with van der Waals surface area (Å²) in [5.41, 5.74) is -0.997. The van der Waals surface area contributed by atoms with Gasteiger partial charge in [0.1, 0.15) is 17.6 Å². The third kappa shape index (κ3) is 2.85. The Bertz CT molecular complexity index is 522. The Labute approximate surface area is 147 Å². The van der Waals surface area contributed by atoms with Crippen LogP contribution in [-0.4, -0.2) is 45.9 Å². The van der Waals surface area contributed by atoms with Crippen LogP contribution in [0.15, 0.2) is 0 Å². The Morgan fingerprint density at radius 2 is 2.12 bits per heavy atom. The number of rotatable bonds is 5. The average molecular weight is 356 g/mol. The molecule has 0 amide bonds. The summed E-state index contributed by atoms with van der Waals surface area (Å²) in [6, 6.07) is 0. The predicted molar refractivity (Wildman–Crippen MR) is 91.5 cm³/mol.